The average Bonchev–Trinajstić information content (AvgIpc) is 2.96. The van der Waals surface area contributed by atoms with Gasteiger partial charge in [-0.25, -0.2) is 0 Å². The maximum absolute atomic E-state index is 12.1. The van der Waals surface area contributed by atoms with Gasteiger partial charge < -0.3 is 15.0 Å². The highest BCUT2D eigenvalue weighted by molar-refractivity contribution is 5.91. The van der Waals surface area contributed by atoms with Gasteiger partial charge in [0.15, 0.2) is 0 Å². The molecule has 0 spiro atoms. The lowest BCUT2D eigenvalue weighted by molar-refractivity contribution is -0.119. The van der Waals surface area contributed by atoms with Gasteiger partial charge in [-0.15, -0.1) is 0 Å². The molecule has 2 N–H and O–H groups in total. The maximum atomic E-state index is 12.1. The van der Waals surface area contributed by atoms with Crippen LogP contribution in [-0.2, 0) is 17.8 Å². The van der Waals surface area contributed by atoms with Crippen LogP contribution >= 0.6 is 0 Å². The molecule has 0 fully saturated rings. The Morgan fingerprint density at radius 3 is 2.80 bits per heavy atom. The summed E-state index contributed by atoms with van der Waals surface area (Å²) in [6.45, 7) is 0.711. The molecule has 4 nitrogen and oxygen atoms in total. The molecular formula is C21H20N2O2. The van der Waals surface area contributed by atoms with E-state index in [1.54, 1.807) is 7.11 Å². The molecule has 1 aromatic heterocycles. The van der Waals surface area contributed by atoms with E-state index in [2.05, 4.69) is 29.2 Å². The van der Waals surface area contributed by atoms with Crippen molar-refractivity contribution in [3.05, 3.63) is 71.8 Å². The first-order chi connectivity index (χ1) is 12.2. The molecule has 25 heavy (non-hydrogen) atoms. The zero-order valence-corrected chi connectivity index (χ0v) is 14.2. The van der Waals surface area contributed by atoms with E-state index < -0.39 is 0 Å². The highest BCUT2D eigenvalue weighted by atomic mass is 16.5. The number of carbonyl (C=O) groups is 1. The summed E-state index contributed by atoms with van der Waals surface area (Å²) < 4.78 is 7.63. The van der Waals surface area contributed by atoms with Crippen LogP contribution in [-0.4, -0.2) is 17.6 Å². The Labute approximate surface area is 147 Å². The highest BCUT2D eigenvalue weighted by Crippen LogP contribution is 2.39. The largest absolute Gasteiger partial charge is 0.497 e. The number of carbonyl (C=O) groups excluding carboxylic acids is 1. The second-order valence-electron chi connectivity index (χ2n) is 6.40. The molecule has 3 aromatic rings. The summed E-state index contributed by atoms with van der Waals surface area (Å²) in [5.41, 5.74) is 10.2. The van der Waals surface area contributed by atoms with Crippen LogP contribution in [0.3, 0.4) is 0 Å². The lowest BCUT2D eigenvalue weighted by Gasteiger charge is -2.23. The molecule has 2 radical (unpaired) electrons. The van der Waals surface area contributed by atoms with Crippen molar-refractivity contribution < 1.29 is 9.53 Å². The standard InChI is InChI=1S/C21H20N2O2/c1-25-15-10-11-19-18(12-15)16-8-5-9-17(21(22)24)20(16)23(19)13-14-6-3-2-4-7-14/h2-4,6-7,10-12,17H,8-9,13H2,1H3,(H2,22,24). The highest BCUT2D eigenvalue weighted by Gasteiger charge is 2.31. The van der Waals surface area contributed by atoms with Gasteiger partial charge in [-0.1, -0.05) is 30.3 Å². The molecule has 4 heteroatoms. The predicted octanol–water partition coefficient (Wildman–Crippen LogP) is 3.29. The number of primary amides is 1. The van der Waals surface area contributed by atoms with E-state index in [9.17, 15) is 4.79 Å². The van der Waals surface area contributed by atoms with Crippen LogP contribution in [0.15, 0.2) is 48.5 Å². The first-order valence-corrected chi connectivity index (χ1v) is 8.42. The van der Waals surface area contributed by atoms with E-state index in [0.717, 1.165) is 34.3 Å². The minimum atomic E-state index is -0.328. The van der Waals surface area contributed by atoms with E-state index in [4.69, 9.17) is 10.5 Å². The molecule has 0 aliphatic heterocycles. The number of rotatable bonds is 4. The third-order valence-corrected chi connectivity index (χ3v) is 4.93. The number of nitrogens with zero attached hydrogens (tertiary/aromatic N) is 1. The van der Waals surface area contributed by atoms with Crippen molar-refractivity contribution in [2.24, 2.45) is 5.73 Å². The number of amides is 1. The second-order valence-corrected chi connectivity index (χ2v) is 6.40. The monoisotopic (exact) mass is 332 g/mol. The predicted molar refractivity (Wildman–Crippen MR) is 97.5 cm³/mol. The maximum Gasteiger partial charge on any atom is 0.226 e. The summed E-state index contributed by atoms with van der Waals surface area (Å²) in [6, 6.07) is 16.3. The molecule has 0 saturated carbocycles. The zero-order chi connectivity index (χ0) is 17.4. The summed E-state index contributed by atoms with van der Waals surface area (Å²) in [4.78, 5) is 12.1. The fourth-order valence-electron chi connectivity index (χ4n) is 3.74. The van der Waals surface area contributed by atoms with Crippen LogP contribution in [0.25, 0.3) is 10.9 Å². The van der Waals surface area contributed by atoms with Crippen molar-refractivity contribution in [3.8, 4) is 5.75 Å². The van der Waals surface area contributed by atoms with Crippen LogP contribution in [0.4, 0.5) is 0 Å². The quantitative estimate of drug-likeness (QED) is 0.797. The van der Waals surface area contributed by atoms with Gasteiger partial charge in [-0.2, -0.15) is 0 Å². The summed E-state index contributed by atoms with van der Waals surface area (Å²) in [7, 11) is 1.67. The SMILES string of the molecule is COc1ccc2c(c1)c1c(n2Cc2ccccc2)C(C(N)=O)C[C]C1. The normalized spacial score (nSPS) is 16.6. The van der Waals surface area contributed by atoms with Crippen LogP contribution < -0.4 is 10.5 Å². The third kappa shape index (κ3) is 2.68. The molecule has 1 aliphatic rings. The smallest absolute Gasteiger partial charge is 0.226 e. The number of hydrogen-bond donors (Lipinski definition) is 1. The van der Waals surface area contributed by atoms with Crippen molar-refractivity contribution in [1.82, 2.24) is 4.57 Å². The molecule has 1 unspecified atom stereocenters. The number of ether oxygens (including phenoxy) is 1. The lowest BCUT2D eigenvalue weighted by atomic mass is 9.86. The Bertz CT molecular complexity index is 928. The number of nitrogens with two attached hydrogens (primary N) is 1. The Hall–Kier alpha value is -2.75. The average molecular weight is 332 g/mol. The number of hydrogen-bond acceptors (Lipinski definition) is 2. The van der Waals surface area contributed by atoms with Crippen LogP contribution in [0.1, 0.15) is 29.2 Å². The van der Waals surface area contributed by atoms with Crippen molar-refractivity contribution >= 4 is 16.8 Å². The van der Waals surface area contributed by atoms with Gasteiger partial charge in [0.2, 0.25) is 5.91 Å². The zero-order valence-electron chi connectivity index (χ0n) is 14.2. The topological polar surface area (TPSA) is 57.2 Å². The second kappa shape index (κ2) is 6.28. The molecule has 4 rings (SSSR count). The van der Waals surface area contributed by atoms with Crippen LogP contribution in [0, 0.1) is 6.42 Å². The van der Waals surface area contributed by atoms with Crippen molar-refractivity contribution in [2.45, 2.75) is 25.3 Å². The number of aromatic nitrogens is 1. The first kappa shape index (κ1) is 15.8. The molecule has 2 aromatic carbocycles. The van der Waals surface area contributed by atoms with Crippen LogP contribution in [0.5, 0.6) is 5.75 Å². The fraction of sp³-hybridized carbons (Fsp3) is 0.238. The lowest BCUT2D eigenvalue weighted by Crippen LogP contribution is -2.27. The Morgan fingerprint density at radius 2 is 2.08 bits per heavy atom. The molecule has 126 valence electrons. The summed E-state index contributed by atoms with van der Waals surface area (Å²) in [5, 5.41) is 1.11. The van der Waals surface area contributed by atoms with Crippen molar-refractivity contribution in [2.75, 3.05) is 7.11 Å². The molecule has 1 atom stereocenters. The van der Waals surface area contributed by atoms with Gasteiger partial charge in [0.25, 0.3) is 0 Å². The number of benzene rings is 2. The molecule has 1 heterocycles. The van der Waals surface area contributed by atoms with E-state index in [0.29, 0.717) is 13.0 Å². The van der Waals surface area contributed by atoms with Crippen LogP contribution in [0.2, 0.25) is 0 Å². The van der Waals surface area contributed by atoms with Crippen molar-refractivity contribution in [3.63, 3.8) is 0 Å². The van der Waals surface area contributed by atoms with Gasteiger partial charge in [-0.05, 0) is 48.6 Å². The Balaban J connectivity index is 1.95. The van der Waals surface area contributed by atoms with E-state index >= 15 is 0 Å². The van der Waals surface area contributed by atoms with Gasteiger partial charge in [0.05, 0.1) is 13.0 Å². The fourth-order valence-corrected chi connectivity index (χ4v) is 3.74. The minimum Gasteiger partial charge on any atom is -0.497 e. The Morgan fingerprint density at radius 1 is 1.28 bits per heavy atom. The van der Waals surface area contributed by atoms with E-state index in [1.807, 2.05) is 30.3 Å². The molecule has 0 saturated heterocycles. The molecule has 1 amide bonds. The number of methoxy groups -OCH3 is 1. The van der Waals surface area contributed by atoms with Crippen molar-refractivity contribution in [1.29, 1.82) is 0 Å². The van der Waals surface area contributed by atoms with Gasteiger partial charge in [0.1, 0.15) is 5.75 Å². The minimum absolute atomic E-state index is 0.294. The number of fused-ring (bicyclic) bond motifs is 3. The van der Waals surface area contributed by atoms with E-state index in [-0.39, 0.29) is 11.8 Å². The first-order valence-electron chi connectivity index (χ1n) is 8.42. The summed E-state index contributed by atoms with van der Waals surface area (Å²) in [6.07, 6.45) is 4.62. The summed E-state index contributed by atoms with van der Waals surface area (Å²) >= 11 is 0. The van der Waals surface area contributed by atoms with E-state index in [1.165, 1.54) is 5.56 Å². The summed E-state index contributed by atoms with van der Waals surface area (Å²) in [5.74, 6) is 0.191. The van der Waals surface area contributed by atoms with Gasteiger partial charge in [0, 0.05) is 23.1 Å². The molecular weight excluding hydrogens is 312 g/mol. The molecule has 1 aliphatic carbocycles. The molecule has 0 bridgehead atoms. The Kier molecular flexibility index (Phi) is 3.96. The third-order valence-electron chi connectivity index (χ3n) is 4.93. The van der Waals surface area contributed by atoms with Gasteiger partial charge >= 0.3 is 0 Å². The van der Waals surface area contributed by atoms with Gasteiger partial charge in [-0.3, -0.25) is 4.79 Å².